The second-order valence-corrected chi connectivity index (χ2v) is 4.73. The maximum absolute atomic E-state index is 4.51. The van der Waals surface area contributed by atoms with E-state index >= 15 is 0 Å². The molecule has 1 fully saturated rings. The number of hydrogen-bond donors (Lipinski definition) is 1. The Kier molecular flexibility index (Phi) is 3.91. The molecule has 1 aliphatic heterocycles. The van der Waals surface area contributed by atoms with Gasteiger partial charge in [-0.1, -0.05) is 19.9 Å². The Bertz CT molecular complexity index is 304. The third-order valence-electron chi connectivity index (χ3n) is 3.17. The van der Waals surface area contributed by atoms with E-state index < -0.39 is 0 Å². The minimum absolute atomic E-state index is 0.461. The molecule has 0 aromatic carbocycles. The molecule has 16 heavy (non-hydrogen) atoms. The summed E-state index contributed by atoms with van der Waals surface area (Å²) in [4.78, 5) is 7.06. The highest BCUT2D eigenvalue weighted by molar-refractivity contribution is 5.10. The van der Waals surface area contributed by atoms with Gasteiger partial charge in [0.2, 0.25) is 0 Å². The molecule has 0 saturated carbocycles. The maximum Gasteiger partial charge on any atom is 0.0578 e. The van der Waals surface area contributed by atoms with Crippen LogP contribution in [0.3, 0.4) is 0 Å². The molecule has 3 nitrogen and oxygen atoms in total. The second kappa shape index (κ2) is 5.41. The van der Waals surface area contributed by atoms with Gasteiger partial charge in [0.15, 0.2) is 0 Å². The van der Waals surface area contributed by atoms with Crippen LogP contribution in [0, 0.1) is 5.92 Å². The molecular formula is C13H21N3. The Labute approximate surface area is 97.9 Å². The van der Waals surface area contributed by atoms with Crippen molar-refractivity contribution in [3.05, 3.63) is 30.1 Å². The third kappa shape index (κ3) is 2.60. The minimum Gasteiger partial charge on any atom is -0.314 e. The smallest absolute Gasteiger partial charge is 0.0578 e. The molecule has 2 rings (SSSR count). The number of aromatic nitrogens is 1. The molecule has 0 amide bonds. The fourth-order valence-corrected chi connectivity index (χ4v) is 2.46. The highest BCUT2D eigenvalue weighted by atomic mass is 15.2. The van der Waals surface area contributed by atoms with Gasteiger partial charge in [-0.05, 0) is 18.1 Å². The molecule has 1 atom stereocenters. The normalized spacial score (nSPS) is 19.9. The maximum atomic E-state index is 4.51. The van der Waals surface area contributed by atoms with Crippen molar-refractivity contribution < 1.29 is 0 Å². The first-order chi connectivity index (χ1) is 7.79. The topological polar surface area (TPSA) is 28.2 Å². The summed E-state index contributed by atoms with van der Waals surface area (Å²) < 4.78 is 0. The monoisotopic (exact) mass is 219 g/mol. The van der Waals surface area contributed by atoms with E-state index in [1.54, 1.807) is 0 Å². The van der Waals surface area contributed by atoms with Crippen molar-refractivity contribution in [1.82, 2.24) is 15.2 Å². The molecule has 1 N–H and O–H groups in total. The predicted molar refractivity (Wildman–Crippen MR) is 66.3 cm³/mol. The first kappa shape index (κ1) is 11.6. The van der Waals surface area contributed by atoms with E-state index in [2.05, 4.69) is 41.2 Å². The number of nitrogens with one attached hydrogen (secondary N) is 1. The van der Waals surface area contributed by atoms with Gasteiger partial charge in [-0.15, -0.1) is 0 Å². The lowest BCUT2D eigenvalue weighted by molar-refractivity contribution is 0.134. The lowest BCUT2D eigenvalue weighted by atomic mass is 9.98. The van der Waals surface area contributed by atoms with E-state index in [0.29, 0.717) is 12.0 Å². The lowest BCUT2D eigenvalue weighted by Crippen LogP contribution is -2.46. The number of nitrogens with zero attached hydrogens (tertiary/aromatic N) is 2. The lowest BCUT2D eigenvalue weighted by Gasteiger charge is -2.36. The zero-order valence-electron chi connectivity index (χ0n) is 10.2. The van der Waals surface area contributed by atoms with Gasteiger partial charge < -0.3 is 5.32 Å². The highest BCUT2D eigenvalue weighted by Crippen LogP contribution is 2.26. The second-order valence-electron chi connectivity index (χ2n) is 4.73. The van der Waals surface area contributed by atoms with Crippen molar-refractivity contribution in [2.24, 2.45) is 5.92 Å². The molecule has 1 saturated heterocycles. The zero-order chi connectivity index (χ0) is 11.4. The van der Waals surface area contributed by atoms with Gasteiger partial charge in [0.1, 0.15) is 0 Å². The molecule has 0 radical (unpaired) electrons. The van der Waals surface area contributed by atoms with Gasteiger partial charge in [0.05, 0.1) is 11.7 Å². The fourth-order valence-electron chi connectivity index (χ4n) is 2.46. The zero-order valence-corrected chi connectivity index (χ0v) is 10.2. The minimum atomic E-state index is 0.461. The number of rotatable bonds is 3. The summed E-state index contributed by atoms with van der Waals surface area (Å²) in [5.41, 5.74) is 1.21. The van der Waals surface area contributed by atoms with Crippen LogP contribution in [-0.2, 0) is 0 Å². The first-order valence-electron chi connectivity index (χ1n) is 6.14. The van der Waals surface area contributed by atoms with Gasteiger partial charge in [0.25, 0.3) is 0 Å². The summed E-state index contributed by atoms with van der Waals surface area (Å²) >= 11 is 0. The highest BCUT2D eigenvalue weighted by Gasteiger charge is 2.25. The van der Waals surface area contributed by atoms with Crippen LogP contribution in [0.25, 0.3) is 0 Å². The Hall–Kier alpha value is -0.930. The summed E-state index contributed by atoms with van der Waals surface area (Å²) in [7, 11) is 0. The SMILES string of the molecule is CC(C)[C@H](c1ccccn1)N1CCNCC1. The van der Waals surface area contributed by atoms with E-state index in [0.717, 1.165) is 26.2 Å². The fraction of sp³-hybridized carbons (Fsp3) is 0.615. The van der Waals surface area contributed by atoms with E-state index in [-0.39, 0.29) is 0 Å². The molecule has 1 aliphatic rings. The van der Waals surface area contributed by atoms with E-state index in [1.807, 2.05) is 12.3 Å². The average molecular weight is 219 g/mol. The molecule has 0 unspecified atom stereocenters. The van der Waals surface area contributed by atoms with Crippen LogP contribution in [0.5, 0.6) is 0 Å². The molecular weight excluding hydrogens is 198 g/mol. The van der Waals surface area contributed by atoms with Crippen LogP contribution in [0.4, 0.5) is 0 Å². The summed E-state index contributed by atoms with van der Waals surface area (Å²) in [6.07, 6.45) is 1.90. The van der Waals surface area contributed by atoms with Crippen LogP contribution in [0.2, 0.25) is 0 Å². The molecule has 1 aromatic rings. The van der Waals surface area contributed by atoms with Crippen molar-refractivity contribution >= 4 is 0 Å². The van der Waals surface area contributed by atoms with Gasteiger partial charge >= 0.3 is 0 Å². The number of pyridine rings is 1. The Balaban J connectivity index is 2.16. The van der Waals surface area contributed by atoms with Crippen LogP contribution >= 0.6 is 0 Å². The Morgan fingerprint density at radius 2 is 2.00 bits per heavy atom. The van der Waals surface area contributed by atoms with Gasteiger partial charge in [0, 0.05) is 32.4 Å². The summed E-state index contributed by atoms with van der Waals surface area (Å²) in [6.45, 7) is 8.99. The first-order valence-corrected chi connectivity index (χ1v) is 6.14. The summed E-state index contributed by atoms with van der Waals surface area (Å²) in [5.74, 6) is 0.605. The molecule has 1 aromatic heterocycles. The van der Waals surface area contributed by atoms with Crippen LogP contribution < -0.4 is 5.32 Å². The van der Waals surface area contributed by atoms with Gasteiger partial charge in [-0.3, -0.25) is 9.88 Å². The van der Waals surface area contributed by atoms with Crippen LogP contribution in [0.15, 0.2) is 24.4 Å². The van der Waals surface area contributed by atoms with Crippen molar-refractivity contribution in [2.45, 2.75) is 19.9 Å². The van der Waals surface area contributed by atoms with Crippen molar-refractivity contribution in [3.63, 3.8) is 0 Å². The molecule has 3 heteroatoms. The number of piperazine rings is 1. The van der Waals surface area contributed by atoms with Crippen molar-refractivity contribution in [1.29, 1.82) is 0 Å². The van der Waals surface area contributed by atoms with Gasteiger partial charge in [-0.2, -0.15) is 0 Å². The third-order valence-corrected chi connectivity index (χ3v) is 3.17. The van der Waals surface area contributed by atoms with E-state index in [9.17, 15) is 0 Å². The van der Waals surface area contributed by atoms with Crippen LogP contribution in [-0.4, -0.2) is 36.1 Å². The number of hydrogen-bond acceptors (Lipinski definition) is 3. The van der Waals surface area contributed by atoms with E-state index in [1.165, 1.54) is 5.69 Å². The molecule has 0 spiro atoms. The average Bonchev–Trinajstić information content (AvgIpc) is 2.31. The van der Waals surface area contributed by atoms with Crippen molar-refractivity contribution in [3.8, 4) is 0 Å². The summed E-state index contributed by atoms with van der Waals surface area (Å²) in [6, 6.07) is 6.67. The molecule has 0 aliphatic carbocycles. The summed E-state index contributed by atoms with van der Waals surface area (Å²) in [5, 5.41) is 3.40. The molecule has 0 bridgehead atoms. The molecule has 2 heterocycles. The quantitative estimate of drug-likeness (QED) is 0.838. The van der Waals surface area contributed by atoms with Gasteiger partial charge in [-0.25, -0.2) is 0 Å². The van der Waals surface area contributed by atoms with Crippen molar-refractivity contribution in [2.75, 3.05) is 26.2 Å². The largest absolute Gasteiger partial charge is 0.314 e. The standard InChI is InChI=1S/C13H21N3/c1-11(2)13(12-5-3-4-6-15-12)16-9-7-14-8-10-16/h3-6,11,13-14H,7-10H2,1-2H3/t13-/m1/s1. The Morgan fingerprint density at radius 3 is 2.56 bits per heavy atom. The van der Waals surface area contributed by atoms with E-state index in [4.69, 9.17) is 0 Å². The Morgan fingerprint density at radius 1 is 1.25 bits per heavy atom. The predicted octanol–water partition coefficient (Wildman–Crippen LogP) is 1.68. The van der Waals surface area contributed by atoms with Crippen LogP contribution in [0.1, 0.15) is 25.6 Å². The molecule has 88 valence electrons.